The molecule has 0 unspecified atom stereocenters. The number of aryl methyl sites for hydroxylation is 1. The molecular formula is C32H31F3N8O2. The van der Waals surface area contributed by atoms with Gasteiger partial charge in [0.05, 0.1) is 36.5 Å². The summed E-state index contributed by atoms with van der Waals surface area (Å²) in [5.74, 6) is 0.597. The number of hydrogen-bond acceptors (Lipinski definition) is 8. The normalized spacial score (nSPS) is 14.5. The summed E-state index contributed by atoms with van der Waals surface area (Å²) in [5, 5.41) is 24.0. The Morgan fingerprint density at radius 2 is 1.93 bits per heavy atom. The average Bonchev–Trinajstić information content (AvgIpc) is 3.65. The lowest BCUT2D eigenvalue weighted by atomic mass is 9.97. The molecule has 1 aliphatic carbocycles. The lowest BCUT2D eigenvalue weighted by Gasteiger charge is -2.19. The van der Waals surface area contributed by atoms with Gasteiger partial charge in [-0.3, -0.25) is 9.69 Å². The maximum absolute atomic E-state index is 14.3. The van der Waals surface area contributed by atoms with Gasteiger partial charge in [0.1, 0.15) is 18.0 Å². The van der Waals surface area contributed by atoms with Crippen LogP contribution in [0.15, 0.2) is 48.8 Å². The van der Waals surface area contributed by atoms with E-state index in [2.05, 4.69) is 31.9 Å². The fourth-order valence-electron chi connectivity index (χ4n) is 5.43. The highest BCUT2D eigenvalue weighted by Crippen LogP contribution is 2.41. The van der Waals surface area contributed by atoms with Crippen LogP contribution >= 0.6 is 0 Å². The maximum Gasteiger partial charge on any atom is 0.416 e. The molecule has 45 heavy (non-hydrogen) atoms. The first kappa shape index (κ1) is 30.2. The van der Waals surface area contributed by atoms with Gasteiger partial charge in [-0.2, -0.15) is 18.4 Å². The van der Waals surface area contributed by atoms with Crippen LogP contribution in [0.3, 0.4) is 0 Å². The number of alkyl halides is 3. The number of pyridine rings is 1. The van der Waals surface area contributed by atoms with Crippen molar-refractivity contribution in [2.75, 3.05) is 29.9 Å². The van der Waals surface area contributed by atoms with Gasteiger partial charge in [0.25, 0.3) is 5.91 Å². The highest BCUT2D eigenvalue weighted by Gasteiger charge is 2.41. The van der Waals surface area contributed by atoms with E-state index in [1.807, 2.05) is 6.92 Å². The molecule has 10 nitrogen and oxygen atoms in total. The second-order valence-corrected chi connectivity index (χ2v) is 11.1. The van der Waals surface area contributed by atoms with E-state index in [0.717, 1.165) is 18.9 Å². The van der Waals surface area contributed by atoms with Gasteiger partial charge < -0.3 is 19.9 Å². The van der Waals surface area contributed by atoms with Crippen molar-refractivity contribution in [3.8, 4) is 28.6 Å². The monoisotopic (exact) mass is 616 g/mol. The van der Waals surface area contributed by atoms with Crippen LogP contribution in [0.2, 0.25) is 0 Å². The van der Waals surface area contributed by atoms with Crippen LogP contribution in [-0.2, 0) is 31.1 Å². The van der Waals surface area contributed by atoms with Crippen LogP contribution in [0, 0.1) is 11.3 Å². The smallest absolute Gasteiger partial charge is 0.377 e. The van der Waals surface area contributed by atoms with Crippen LogP contribution < -0.4 is 15.5 Å². The maximum atomic E-state index is 14.3. The minimum Gasteiger partial charge on any atom is -0.377 e. The number of benzene rings is 2. The van der Waals surface area contributed by atoms with Crippen molar-refractivity contribution in [3.05, 3.63) is 76.6 Å². The average molecular weight is 617 g/mol. The molecule has 1 amide bonds. The van der Waals surface area contributed by atoms with Gasteiger partial charge in [-0.15, -0.1) is 10.2 Å². The molecule has 232 valence electrons. The Hall–Kier alpha value is -4.80. The molecule has 6 rings (SSSR count). The molecule has 2 aliphatic rings. The predicted octanol–water partition coefficient (Wildman–Crippen LogP) is 5.30. The topological polar surface area (TPSA) is 121 Å². The summed E-state index contributed by atoms with van der Waals surface area (Å²) in [5.41, 5.74) is 1.83. The van der Waals surface area contributed by atoms with Crippen molar-refractivity contribution < 1.29 is 22.7 Å². The third kappa shape index (κ3) is 6.38. The van der Waals surface area contributed by atoms with Crippen molar-refractivity contribution in [2.45, 2.75) is 45.1 Å². The highest BCUT2D eigenvalue weighted by molar-refractivity contribution is 6.10. The molecule has 0 spiro atoms. The van der Waals surface area contributed by atoms with Gasteiger partial charge >= 0.3 is 6.18 Å². The standard InChI is InChI=1S/C32H31F3N8O2/c1-3-38-28-13-21(23-7-4-19(15-36)10-24(23)30-41-39-18-42(30)2)14-29(40-28)43-17-26-25(31(43)44)11-20(12-27(26)32(33,34)35)16-37-8-9-45-22-5-6-22/h4,7,10-14,18,22,37H,3,5-6,8-9,16-17H2,1-2H3,(H,38,40). The Morgan fingerprint density at radius 1 is 1.11 bits per heavy atom. The van der Waals surface area contributed by atoms with E-state index in [1.165, 1.54) is 11.0 Å². The van der Waals surface area contributed by atoms with Crippen molar-refractivity contribution in [3.63, 3.8) is 0 Å². The lowest BCUT2D eigenvalue weighted by Crippen LogP contribution is -2.24. The number of hydrogen-bond donors (Lipinski definition) is 2. The minimum atomic E-state index is -4.65. The zero-order valence-corrected chi connectivity index (χ0v) is 24.8. The molecule has 2 aromatic heterocycles. The largest absolute Gasteiger partial charge is 0.416 e. The number of amides is 1. The first-order valence-electron chi connectivity index (χ1n) is 14.7. The second-order valence-electron chi connectivity index (χ2n) is 11.1. The van der Waals surface area contributed by atoms with E-state index >= 15 is 0 Å². The number of aromatic nitrogens is 4. The summed E-state index contributed by atoms with van der Waals surface area (Å²) in [4.78, 5) is 19.7. The zero-order valence-electron chi connectivity index (χ0n) is 24.8. The number of carbonyl (C=O) groups is 1. The van der Waals surface area contributed by atoms with E-state index < -0.39 is 17.6 Å². The lowest BCUT2D eigenvalue weighted by molar-refractivity contribution is -0.138. The molecule has 1 fully saturated rings. The molecule has 4 aromatic rings. The van der Waals surface area contributed by atoms with Gasteiger partial charge in [0, 0.05) is 37.8 Å². The first-order valence-corrected chi connectivity index (χ1v) is 14.7. The summed E-state index contributed by atoms with van der Waals surface area (Å²) in [6.07, 6.45) is -0.721. The highest BCUT2D eigenvalue weighted by atomic mass is 19.4. The van der Waals surface area contributed by atoms with E-state index in [-0.39, 0.29) is 30.0 Å². The first-order chi connectivity index (χ1) is 21.7. The number of ether oxygens (including phenoxy) is 1. The molecule has 0 bridgehead atoms. The van der Waals surface area contributed by atoms with Crippen molar-refractivity contribution >= 4 is 17.5 Å². The number of fused-ring (bicyclic) bond motifs is 1. The number of halogens is 3. The third-order valence-electron chi connectivity index (χ3n) is 7.75. The van der Waals surface area contributed by atoms with Gasteiger partial charge in [-0.1, -0.05) is 6.07 Å². The molecule has 1 saturated carbocycles. The number of rotatable bonds is 11. The fourth-order valence-corrected chi connectivity index (χ4v) is 5.43. The Morgan fingerprint density at radius 3 is 2.62 bits per heavy atom. The molecular weight excluding hydrogens is 585 g/mol. The van der Waals surface area contributed by atoms with Crippen molar-refractivity contribution in [2.24, 2.45) is 7.05 Å². The van der Waals surface area contributed by atoms with Crippen LogP contribution in [0.25, 0.3) is 22.5 Å². The van der Waals surface area contributed by atoms with Gasteiger partial charge in [0.15, 0.2) is 5.82 Å². The van der Waals surface area contributed by atoms with E-state index in [9.17, 15) is 23.2 Å². The summed E-state index contributed by atoms with van der Waals surface area (Å²) in [7, 11) is 1.78. The Labute approximate surface area is 257 Å². The van der Waals surface area contributed by atoms with Gasteiger partial charge in [-0.05, 0) is 78.4 Å². The van der Waals surface area contributed by atoms with Gasteiger partial charge in [-0.25, -0.2) is 4.98 Å². The van der Waals surface area contributed by atoms with Crippen LogP contribution in [-0.4, -0.2) is 51.5 Å². The SMILES string of the molecule is CCNc1cc(-c2ccc(C#N)cc2-c2nncn2C)cc(N2Cc3c(cc(CNCCOC4CC4)cc3C(F)(F)F)C2=O)n1. The second kappa shape index (κ2) is 12.3. The predicted molar refractivity (Wildman–Crippen MR) is 161 cm³/mol. The van der Waals surface area contributed by atoms with E-state index in [0.29, 0.717) is 65.3 Å². The summed E-state index contributed by atoms with van der Waals surface area (Å²) >= 11 is 0. The van der Waals surface area contributed by atoms with Crippen LogP contribution in [0.1, 0.15) is 52.4 Å². The Bertz CT molecular complexity index is 1790. The molecule has 0 atom stereocenters. The number of nitriles is 1. The third-order valence-corrected chi connectivity index (χ3v) is 7.75. The molecule has 3 heterocycles. The number of nitrogens with zero attached hydrogens (tertiary/aromatic N) is 6. The Balaban J connectivity index is 1.36. The number of anilines is 2. The van der Waals surface area contributed by atoms with Crippen LogP contribution in [0.5, 0.6) is 0 Å². The quantitative estimate of drug-likeness (QED) is 0.218. The molecule has 13 heteroatoms. The van der Waals surface area contributed by atoms with Crippen LogP contribution in [0.4, 0.5) is 24.8 Å². The van der Waals surface area contributed by atoms with Gasteiger partial charge in [0.2, 0.25) is 0 Å². The molecule has 2 aromatic carbocycles. The zero-order chi connectivity index (χ0) is 31.7. The van der Waals surface area contributed by atoms with E-state index in [4.69, 9.17) is 4.74 Å². The molecule has 0 saturated heterocycles. The van der Waals surface area contributed by atoms with E-state index in [1.54, 1.807) is 48.3 Å². The summed E-state index contributed by atoms with van der Waals surface area (Å²) < 4.78 is 50.3. The van der Waals surface area contributed by atoms with Crippen molar-refractivity contribution in [1.82, 2.24) is 25.1 Å². The minimum absolute atomic E-state index is 0.00575. The summed E-state index contributed by atoms with van der Waals surface area (Å²) in [6.45, 7) is 3.26. The number of carbonyl (C=O) groups excluding carboxylic acids is 1. The van der Waals surface area contributed by atoms with Crippen molar-refractivity contribution in [1.29, 1.82) is 5.26 Å². The fraction of sp³-hybridized carbons (Fsp3) is 0.344. The molecule has 0 radical (unpaired) electrons. The summed E-state index contributed by atoms with van der Waals surface area (Å²) in [6, 6.07) is 13.4. The number of nitrogens with one attached hydrogen (secondary N) is 2. The molecule has 2 N–H and O–H groups in total. The Kier molecular flexibility index (Phi) is 8.26. The molecule has 1 aliphatic heterocycles.